The van der Waals surface area contributed by atoms with E-state index in [0.717, 1.165) is 0 Å². The zero-order chi connectivity index (χ0) is 14.6. The van der Waals surface area contributed by atoms with E-state index in [2.05, 4.69) is 14.9 Å². The number of aliphatic carboxylic acids is 1. The van der Waals surface area contributed by atoms with E-state index in [1.165, 1.54) is 6.92 Å². The first-order chi connectivity index (χ1) is 8.74. The van der Waals surface area contributed by atoms with Crippen LogP contribution in [0.3, 0.4) is 0 Å². The van der Waals surface area contributed by atoms with Crippen molar-refractivity contribution < 1.29 is 23.1 Å². The largest absolute Gasteiger partial charge is 0.481 e. The Balaban J connectivity index is 2.67. The van der Waals surface area contributed by atoms with Crippen molar-refractivity contribution in [2.45, 2.75) is 31.6 Å². The van der Waals surface area contributed by atoms with Gasteiger partial charge in [0.15, 0.2) is 0 Å². The van der Waals surface area contributed by atoms with Gasteiger partial charge in [0.05, 0.1) is 24.4 Å². The molecule has 106 valence electrons. The lowest BCUT2D eigenvalue weighted by molar-refractivity contribution is -0.138. The van der Waals surface area contributed by atoms with Crippen molar-refractivity contribution in [1.29, 1.82) is 0 Å². The minimum Gasteiger partial charge on any atom is -0.481 e. The molecule has 0 bridgehead atoms. The first-order valence-corrected chi connectivity index (χ1v) is 6.97. The lowest BCUT2D eigenvalue weighted by Gasteiger charge is -2.05. The normalized spacial score (nSPS) is 11.5. The molecule has 0 aromatic carbocycles. The molecule has 1 aromatic rings. The number of sulfonamides is 1. The van der Waals surface area contributed by atoms with Gasteiger partial charge in [0, 0.05) is 6.42 Å². The number of hydrogen-bond acceptors (Lipinski definition) is 5. The van der Waals surface area contributed by atoms with Gasteiger partial charge in [-0.1, -0.05) is 0 Å². The molecule has 3 N–H and O–H groups in total. The number of carbonyl (C=O) groups excluding carboxylic acids is 1. The molecule has 0 unspecified atom stereocenters. The van der Waals surface area contributed by atoms with E-state index in [1.807, 2.05) is 0 Å². The third-order valence-corrected chi connectivity index (χ3v) is 4.07. The summed E-state index contributed by atoms with van der Waals surface area (Å²) in [4.78, 5) is 21.6. The minimum atomic E-state index is -3.82. The average molecular weight is 289 g/mol. The Labute approximate surface area is 110 Å². The first-order valence-electron chi connectivity index (χ1n) is 5.48. The van der Waals surface area contributed by atoms with Crippen LogP contribution in [-0.2, 0) is 19.6 Å². The number of aryl methyl sites for hydroxylation is 2. The number of Topliss-reactive ketones (excluding diaryl/α,β-unsaturated/α-hetero) is 1. The molecule has 8 nitrogen and oxygen atoms in total. The fourth-order valence-electron chi connectivity index (χ4n) is 1.52. The van der Waals surface area contributed by atoms with Gasteiger partial charge in [0.25, 0.3) is 0 Å². The Morgan fingerprint density at radius 2 is 1.95 bits per heavy atom. The van der Waals surface area contributed by atoms with Crippen LogP contribution < -0.4 is 4.72 Å². The monoisotopic (exact) mass is 289 g/mol. The number of hydrogen-bond donors (Lipinski definition) is 3. The Kier molecular flexibility index (Phi) is 4.78. The molecule has 1 rings (SSSR count). The zero-order valence-electron chi connectivity index (χ0n) is 10.6. The fourth-order valence-corrected chi connectivity index (χ4v) is 2.90. The summed E-state index contributed by atoms with van der Waals surface area (Å²) in [6.45, 7) is 2.66. The second-order valence-electron chi connectivity index (χ2n) is 4.02. The molecule has 19 heavy (non-hydrogen) atoms. The van der Waals surface area contributed by atoms with E-state index in [-0.39, 0.29) is 17.7 Å². The predicted molar refractivity (Wildman–Crippen MR) is 65.1 cm³/mol. The average Bonchev–Trinajstić information content (AvgIpc) is 2.64. The molecule has 0 saturated carbocycles. The molecule has 0 atom stereocenters. The van der Waals surface area contributed by atoms with Crippen LogP contribution in [0, 0.1) is 13.8 Å². The summed E-state index contributed by atoms with van der Waals surface area (Å²) in [5.41, 5.74) is 0.686. The molecular weight excluding hydrogens is 274 g/mol. The summed E-state index contributed by atoms with van der Waals surface area (Å²) in [6, 6.07) is 0. The number of H-pyrrole nitrogens is 1. The highest BCUT2D eigenvalue weighted by Gasteiger charge is 2.22. The van der Waals surface area contributed by atoms with Crippen molar-refractivity contribution >= 4 is 21.8 Å². The van der Waals surface area contributed by atoms with Crippen molar-refractivity contribution in [3.63, 3.8) is 0 Å². The highest BCUT2D eigenvalue weighted by molar-refractivity contribution is 7.89. The summed E-state index contributed by atoms with van der Waals surface area (Å²) in [7, 11) is -3.82. The topological polar surface area (TPSA) is 129 Å². The van der Waals surface area contributed by atoms with E-state index >= 15 is 0 Å². The summed E-state index contributed by atoms with van der Waals surface area (Å²) >= 11 is 0. The van der Waals surface area contributed by atoms with Crippen molar-refractivity contribution in [2.24, 2.45) is 0 Å². The van der Waals surface area contributed by atoms with Gasteiger partial charge in [-0.25, -0.2) is 13.1 Å². The van der Waals surface area contributed by atoms with Gasteiger partial charge in [-0.15, -0.1) is 0 Å². The highest BCUT2D eigenvalue weighted by atomic mass is 32.2. The number of rotatable bonds is 7. The lowest BCUT2D eigenvalue weighted by atomic mass is 10.2. The van der Waals surface area contributed by atoms with Gasteiger partial charge in [-0.2, -0.15) is 5.10 Å². The predicted octanol–water partition coefficient (Wildman–Crippen LogP) is -0.261. The minimum absolute atomic E-state index is 0.0125. The molecule has 0 aliphatic rings. The van der Waals surface area contributed by atoms with Crippen LogP contribution in [0.4, 0.5) is 0 Å². The summed E-state index contributed by atoms with van der Waals surface area (Å²) in [6.07, 6.45) is -0.522. The number of carbonyl (C=O) groups is 2. The molecular formula is C10H15N3O5S. The van der Waals surface area contributed by atoms with E-state index < -0.39 is 28.3 Å². The van der Waals surface area contributed by atoms with Crippen LogP contribution in [0.1, 0.15) is 24.2 Å². The zero-order valence-corrected chi connectivity index (χ0v) is 11.4. The quantitative estimate of drug-likeness (QED) is 0.634. The van der Waals surface area contributed by atoms with Gasteiger partial charge in [-0.3, -0.25) is 14.7 Å². The van der Waals surface area contributed by atoms with Gasteiger partial charge in [-0.05, 0) is 13.8 Å². The molecule has 1 heterocycles. The van der Waals surface area contributed by atoms with E-state index in [9.17, 15) is 18.0 Å². The van der Waals surface area contributed by atoms with E-state index in [0.29, 0.717) is 11.4 Å². The van der Waals surface area contributed by atoms with Crippen LogP contribution in [0.5, 0.6) is 0 Å². The third kappa shape index (κ3) is 4.14. The molecule has 0 saturated heterocycles. The second kappa shape index (κ2) is 5.93. The van der Waals surface area contributed by atoms with Gasteiger partial charge >= 0.3 is 5.97 Å². The van der Waals surface area contributed by atoms with Gasteiger partial charge in [0.2, 0.25) is 10.0 Å². The maximum atomic E-state index is 11.9. The van der Waals surface area contributed by atoms with Gasteiger partial charge < -0.3 is 5.11 Å². The standard InChI is InChI=1S/C10H15N3O5S/c1-6-10(7(2)13-12-6)19(17,18)11-5-8(14)3-4-9(15)16/h11H,3-5H2,1-2H3,(H,12,13)(H,15,16). The van der Waals surface area contributed by atoms with Crippen molar-refractivity contribution in [1.82, 2.24) is 14.9 Å². The number of nitrogens with zero attached hydrogens (tertiary/aromatic N) is 1. The first kappa shape index (κ1) is 15.3. The van der Waals surface area contributed by atoms with E-state index in [4.69, 9.17) is 5.11 Å². The summed E-state index contributed by atoms with van der Waals surface area (Å²) < 4.78 is 26.0. The molecule has 0 aliphatic carbocycles. The van der Waals surface area contributed by atoms with Crippen LogP contribution in [-0.4, -0.2) is 42.0 Å². The summed E-state index contributed by atoms with van der Waals surface area (Å²) in [5, 5.41) is 14.7. The molecule has 1 aromatic heterocycles. The van der Waals surface area contributed by atoms with Gasteiger partial charge in [0.1, 0.15) is 10.7 Å². The van der Waals surface area contributed by atoms with Crippen molar-refractivity contribution in [3.05, 3.63) is 11.4 Å². The van der Waals surface area contributed by atoms with Crippen LogP contribution in [0.2, 0.25) is 0 Å². The highest BCUT2D eigenvalue weighted by Crippen LogP contribution is 2.15. The molecule has 0 amide bonds. The smallest absolute Gasteiger partial charge is 0.303 e. The number of nitrogens with one attached hydrogen (secondary N) is 2. The van der Waals surface area contributed by atoms with Crippen LogP contribution in [0.15, 0.2) is 4.90 Å². The number of carboxylic acid groups (broad SMARTS) is 1. The lowest BCUT2D eigenvalue weighted by Crippen LogP contribution is -2.30. The number of ketones is 1. The third-order valence-electron chi connectivity index (χ3n) is 2.41. The van der Waals surface area contributed by atoms with Crippen molar-refractivity contribution in [2.75, 3.05) is 6.54 Å². The Morgan fingerprint density at radius 1 is 1.32 bits per heavy atom. The Bertz CT molecular complexity index is 571. The van der Waals surface area contributed by atoms with Crippen molar-refractivity contribution in [3.8, 4) is 0 Å². The summed E-state index contributed by atoms with van der Waals surface area (Å²) in [5.74, 6) is -1.58. The Morgan fingerprint density at radius 3 is 2.42 bits per heavy atom. The molecule has 0 radical (unpaired) electrons. The molecule has 0 aliphatic heterocycles. The second-order valence-corrected chi connectivity index (χ2v) is 5.72. The molecule has 9 heteroatoms. The molecule has 0 spiro atoms. The SMILES string of the molecule is Cc1n[nH]c(C)c1S(=O)(=O)NCC(=O)CCC(=O)O. The maximum absolute atomic E-state index is 11.9. The fraction of sp³-hybridized carbons (Fsp3) is 0.500. The van der Waals surface area contributed by atoms with Crippen LogP contribution in [0.25, 0.3) is 0 Å². The number of aromatic amines is 1. The number of aromatic nitrogens is 2. The van der Waals surface area contributed by atoms with E-state index in [1.54, 1.807) is 6.92 Å². The number of carboxylic acids is 1. The Hall–Kier alpha value is -1.74. The van der Waals surface area contributed by atoms with Crippen LogP contribution >= 0.6 is 0 Å². The maximum Gasteiger partial charge on any atom is 0.303 e. The molecule has 0 fully saturated rings.